The SMILES string of the molecule is CCCCCCCCC[C@H]1O[C@@H]1C(=O)Oc1ccccc1. The number of esters is 1. The summed E-state index contributed by atoms with van der Waals surface area (Å²) in [6.07, 6.45) is 9.72. The molecule has 1 aromatic carbocycles. The number of unbranched alkanes of at least 4 members (excludes halogenated alkanes) is 6. The van der Waals surface area contributed by atoms with Gasteiger partial charge in [-0.25, -0.2) is 4.79 Å². The molecule has 0 N–H and O–H groups in total. The van der Waals surface area contributed by atoms with Gasteiger partial charge >= 0.3 is 5.97 Å². The van der Waals surface area contributed by atoms with Gasteiger partial charge in [-0.3, -0.25) is 0 Å². The van der Waals surface area contributed by atoms with Gasteiger partial charge in [0, 0.05) is 0 Å². The van der Waals surface area contributed by atoms with Crippen molar-refractivity contribution in [1.29, 1.82) is 0 Å². The molecule has 1 saturated heterocycles. The molecule has 0 aliphatic carbocycles. The number of hydrogen-bond donors (Lipinski definition) is 0. The highest BCUT2D eigenvalue weighted by molar-refractivity contribution is 5.80. The van der Waals surface area contributed by atoms with Crippen LogP contribution in [-0.4, -0.2) is 18.2 Å². The molecule has 1 fully saturated rings. The van der Waals surface area contributed by atoms with E-state index in [1.54, 1.807) is 12.1 Å². The van der Waals surface area contributed by atoms with Crippen LogP contribution in [0, 0.1) is 0 Å². The van der Waals surface area contributed by atoms with Crippen molar-refractivity contribution in [2.45, 2.75) is 70.5 Å². The summed E-state index contributed by atoms with van der Waals surface area (Å²) in [4.78, 5) is 11.8. The molecule has 1 aliphatic heterocycles. The third-order valence-electron chi connectivity index (χ3n) is 3.87. The molecule has 0 saturated carbocycles. The van der Waals surface area contributed by atoms with Crippen molar-refractivity contribution in [3.05, 3.63) is 30.3 Å². The number of benzene rings is 1. The van der Waals surface area contributed by atoms with E-state index < -0.39 is 0 Å². The molecule has 0 unspecified atom stereocenters. The summed E-state index contributed by atoms with van der Waals surface area (Å²) in [7, 11) is 0. The van der Waals surface area contributed by atoms with E-state index in [1.807, 2.05) is 18.2 Å². The zero-order valence-corrected chi connectivity index (χ0v) is 12.9. The number of para-hydroxylation sites is 1. The molecule has 1 aliphatic rings. The molecule has 3 nitrogen and oxygen atoms in total. The maximum Gasteiger partial charge on any atom is 0.343 e. The first kappa shape index (κ1) is 16.0. The van der Waals surface area contributed by atoms with Crippen molar-refractivity contribution < 1.29 is 14.3 Å². The highest BCUT2D eigenvalue weighted by Gasteiger charge is 2.45. The Labute approximate surface area is 127 Å². The molecule has 1 aromatic rings. The van der Waals surface area contributed by atoms with E-state index in [4.69, 9.17) is 9.47 Å². The van der Waals surface area contributed by atoms with Gasteiger partial charge in [-0.2, -0.15) is 0 Å². The lowest BCUT2D eigenvalue weighted by Crippen LogP contribution is -2.17. The van der Waals surface area contributed by atoms with Crippen LogP contribution in [0.15, 0.2) is 30.3 Å². The fourth-order valence-electron chi connectivity index (χ4n) is 2.54. The Morgan fingerprint density at radius 3 is 2.43 bits per heavy atom. The first-order valence-corrected chi connectivity index (χ1v) is 8.23. The Hall–Kier alpha value is -1.35. The van der Waals surface area contributed by atoms with Gasteiger partial charge in [-0.15, -0.1) is 0 Å². The first-order valence-electron chi connectivity index (χ1n) is 8.23. The highest BCUT2D eigenvalue weighted by atomic mass is 16.6. The van der Waals surface area contributed by atoms with Gasteiger partial charge in [0.15, 0.2) is 6.10 Å². The van der Waals surface area contributed by atoms with Gasteiger partial charge in [0.25, 0.3) is 0 Å². The zero-order valence-electron chi connectivity index (χ0n) is 12.9. The lowest BCUT2D eigenvalue weighted by atomic mass is 10.1. The van der Waals surface area contributed by atoms with Gasteiger partial charge in [0.2, 0.25) is 0 Å². The molecule has 2 rings (SSSR count). The van der Waals surface area contributed by atoms with Gasteiger partial charge in [-0.05, 0) is 18.6 Å². The van der Waals surface area contributed by atoms with Crippen LogP contribution in [0.1, 0.15) is 58.3 Å². The first-order chi connectivity index (χ1) is 10.3. The largest absolute Gasteiger partial charge is 0.425 e. The number of rotatable bonds is 10. The van der Waals surface area contributed by atoms with Crippen LogP contribution in [0.3, 0.4) is 0 Å². The van der Waals surface area contributed by atoms with Gasteiger partial charge in [0.05, 0.1) is 6.10 Å². The van der Waals surface area contributed by atoms with Crippen LogP contribution >= 0.6 is 0 Å². The number of carbonyl (C=O) groups excluding carboxylic acids is 1. The normalized spacial score (nSPS) is 20.2. The van der Waals surface area contributed by atoms with Crippen molar-refractivity contribution >= 4 is 5.97 Å². The Balaban J connectivity index is 1.52. The average molecular weight is 290 g/mol. The van der Waals surface area contributed by atoms with E-state index in [1.165, 1.54) is 38.5 Å². The van der Waals surface area contributed by atoms with Crippen LogP contribution in [0.5, 0.6) is 5.75 Å². The second kappa shape index (κ2) is 8.83. The van der Waals surface area contributed by atoms with E-state index in [0.717, 1.165) is 12.8 Å². The average Bonchev–Trinajstić information content (AvgIpc) is 3.27. The molecule has 0 amide bonds. The van der Waals surface area contributed by atoms with E-state index in [9.17, 15) is 4.79 Å². The van der Waals surface area contributed by atoms with Crippen LogP contribution in [0.2, 0.25) is 0 Å². The monoisotopic (exact) mass is 290 g/mol. The molecule has 0 spiro atoms. The third kappa shape index (κ3) is 5.88. The fourth-order valence-corrected chi connectivity index (χ4v) is 2.54. The number of epoxide rings is 1. The molecular weight excluding hydrogens is 264 g/mol. The second-order valence-corrected chi connectivity index (χ2v) is 5.74. The number of hydrogen-bond acceptors (Lipinski definition) is 3. The van der Waals surface area contributed by atoms with E-state index in [-0.39, 0.29) is 18.2 Å². The molecule has 3 heteroatoms. The summed E-state index contributed by atoms with van der Waals surface area (Å²) < 4.78 is 10.7. The van der Waals surface area contributed by atoms with Crippen molar-refractivity contribution in [1.82, 2.24) is 0 Å². The predicted octanol–water partition coefficient (Wildman–Crippen LogP) is 4.50. The Kier molecular flexibility index (Phi) is 6.74. The van der Waals surface area contributed by atoms with E-state index >= 15 is 0 Å². The molecular formula is C18H26O3. The fraction of sp³-hybridized carbons (Fsp3) is 0.611. The summed E-state index contributed by atoms with van der Waals surface area (Å²) in [5, 5.41) is 0. The highest BCUT2D eigenvalue weighted by Crippen LogP contribution is 2.29. The smallest absolute Gasteiger partial charge is 0.343 e. The zero-order chi connectivity index (χ0) is 14.9. The topological polar surface area (TPSA) is 38.8 Å². The standard InChI is InChI=1S/C18H26O3/c1-2-3-4-5-6-7-11-14-16-17(21-16)18(19)20-15-12-9-8-10-13-15/h8-10,12-13,16-17H,2-7,11,14H2,1H3/t16-,17+/m1/s1. The maximum absolute atomic E-state index is 11.8. The van der Waals surface area contributed by atoms with Gasteiger partial charge in [-0.1, -0.05) is 70.1 Å². The molecule has 116 valence electrons. The minimum Gasteiger partial charge on any atom is -0.425 e. The minimum atomic E-state index is -0.342. The van der Waals surface area contributed by atoms with Crippen molar-refractivity contribution in [3.63, 3.8) is 0 Å². The summed E-state index contributed by atoms with van der Waals surface area (Å²) >= 11 is 0. The predicted molar refractivity (Wildman–Crippen MR) is 83.3 cm³/mol. The van der Waals surface area contributed by atoms with Gasteiger partial charge < -0.3 is 9.47 Å². The maximum atomic E-state index is 11.8. The minimum absolute atomic E-state index is 0.0804. The third-order valence-corrected chi connectivity index (χ3v) is 3.87. The quantitative estimate of drug-likeness (QED) is 0.275. The molecule has 0 bridgehead atoms. The Bertz CT molecular complexity index is 416. The lowest BCUT2D eigenvalue weighted by Gasteiger charge is -2.01. The second-order valence-electron chi connectivity index (χ2n) is 5.74. The van der Waals surface area contributed by atoms with Crippen molar-refractivity contribution in [2.75, 3.05) is 0 Å². The Morgan fingerprint density at radius 1 is 1.05 bits per heavy atom. The van der Waals surface area contributed by atoms with Gasteiger partial charge in [0.1, 0.15) is 5.75 Å². The summed E-state index contributed by atoms with van der Waals surface area (Å²) in [5.41, 5.74) is 0. The number of carbonyl (C=O) groups is 1. The summed E-state index contributed by atoms with van der Waals surface area (Å²) in [5.74, 6) is 0.335. The number of ether oxygens (including phenoxy) is 2. The molecule has 0 aromatic heterocycles. The molecule has 21 heavy (non-hydrogen) atoms. The van der Waals surface area contributed by atoms with E-state index in [2.05, 4.69) is 6.92 Å². The van der Waals surface area contributed by atoms with Crippen LogP contribution in [-0.2, 0) is 9.53 Å². The molecule has 0 radical (unpaired) electrons. The molecule has 1 heterocycles. The Morgan fingerprint density at radius 2 is 1.71 bits per heavy atom. The lowest BCUT2D eigenvalue weighted by molar-refractivity contribution is -0.135. The van der Waals surface area contributed by atoms with Crippen molar-refractivity contribution in [2.24, 2.45) is 0 Å². The summed E-state index contributed by atoms with van der Waals surface area (Å²) in [6, 6.07) is 9.17. The van der Waals surface area contributed by atoms with Crippen LogP contribution in [0.4, 0.5) is 0 Å². The summed E-state index contributed by atoms with van der Waals surface area (Å²) in [6.45, 7) is 2.24. The van der Waals surface area contributed by atoms with Crippen LogP contribution in [0.25, 0.3) is 0 Å². The van der Waals surface area contributed by atoms with Crippen LogP contribution < -0.4 is 4.74 Å². The van der Waals surface area contributed by atoms with E-state index in [0.29, 0.717) is 5.75 Å². The molecule has 2 atom stereocenters. The van der Waals surface area contributed by atoms with Crippen molar-refractivity contribution in [3.8, 4) is 5.75 Å².